The third-order valence-corrected chi connectivity index (χ3v) is 4.90. The van der Waals surface area contributed by atoms with Crippen molar-refractivity contribution in [1.29, 1.82) is 0 Å². The number of aryl methyl sites for hydroxylation is 1. The van der Waals surface area contributed by atoms with Gasteiger partial charge in [0.15, 0.2) is 5.96 Å². The molecule has 1 fully saturated rings. The Morgan fingerprint density at radius 2 is 1.96 bits per heavy atom. The zero-order valence-corrected chi connectivity index (χ0v) is 18.4. The zero-order chi connectivity index (χ0) is 18.1. The first-order valence-corrected chi connectivity index (χ1v) is 9.23. The Morgan fingerprint density at radius 3 is 2.62 bits per heavy atom. The van der Waals surface area contributed by atoms with E-state index in [1.807, 2.05) is 0 Å². The molecule has 1 aliphatic rings. The fraction of sp³-hybridized carbons (Fsp3) is 0.600. The molecule has 6 heteroatoms. The minimum atomic E-state index is -0.119. The Hall–Kier alpha value is -1.31. The number of esters is 1. The number of unbranched alkanes of at least 4 members (excludes halogenated alkanes) is 2. The van der Waals surface area contributed by atoms with Crippen LogP contribution in [0.3, 0.4) is 0 Å². The van der Waals surface area contributed by atoms with Gasteiger partial charge in [0.25, 0.3) is 0 Å². The van der Waals surface area contributed by atoms with Gasteiger partial charge in [-0.15, -0.1) is 24.0 Å². The lowest BCUT2D eigenvalue weighted by Crippen LogP contribution is -2.41. The van der Waals surface area contributed by atoms with Crippen LogP contribution in [-0.4, -0.2) is 50.6 Å². The van der Waals surface area contributed by atoms with Crippen LogP contribution in [0.1, 0.15) is 31.7 Å². The second-order valence-electron chi connectivity index (χ2n) is 6.78. The summed E-state index contributed by atoms with van der Waals surface area (Å²) in [5.41, 5.74) is 1.41. The average molecular weight is 473 g/mol. The van der Waals surface area contributed by atoms with E-state index in [1.165, 1.54) is 25.5 Å². The minimum absolute atomic E-state index is 0. The minimum Gasteiger partial charge on any atom is -0.469 e. The molecule has 0 aromatic heterocycles. The first kappa shape index (κ1) is 22.7. The van der Waals surface area contributed by atoms with Crippen molar-refractivity contribution in [3.05, 3.63) is 35.9 Å². The molecule has 0 aliphatic carbocycles. The zero-order valence-electron chi connectivity index (χ0n) is 16.1. The maximum absolute atomic E-state index is 11.8. The lowest BCUT2D eigenvalue weighted by Gasteiger charge is -2.21. The van der Waals surface area contributed by atoms with E-state index in [0.29, 0.717) is 6.54 Å². The molecule has 146 valence electrons. The van der Waals surface area contributed by atoms with E-state index in [-0.39, 0.29) is 41.8 Å². The Labute approximate surface area is 174 Å². The van der Waals surface area contributed by atoms with Crippen LogP contribution in [0.25, 0.3) is 0 Å². The average Bonchev–Trinajstić information content (AvgIpc) is 3.03. The summed E-state index contributed by atoms with van der Waals surface area (Å²) in [6.07, 6.45) is 4.66. The number of hydrogen-bond acceptors (Lipinski definition) is 3. The second-order valence-corrected chi connectivity index (χ2v) is 6.78. The van der Waals surface area contributed by atoms with Gasteiger partial charge in [-0.25, -0.2) is 0 Å². The van der Waals surface area contributed by atoms with Crippen LogP contribution >= 0.6 is 24.0 Å². The van der Waals surface area contributed by atoms with Gasteiger partial charge >= 0.3 is 5.97 Å². The number of methoxy groups -OCH3 is 1. The van der Waals surface area contributed by atoms with E-state index in [1.54, 1.807) is 7.05 Å². The van der Waals surface area contributed by atoms with Gasteiger partial charge in [0.05, 0.1) is 13.0 Å². The van der Waals surface area contributed by atoms with Gasteiger partial charge in [0, 0.05) is 26.7 Å². The summed E-state index contributed by atoms with van der Waals surface area (Å²) in [6, 6.07) is 10.6. The van der Waals surface area contributed by atoms with E-state index in [4.69, 9.17) is 4.74 Å². The highest BCUT2D eigenvalue weighted by molar-refractivity contribution is 14.0. The number of aliphatic imine (C=N–C) groups is 1. The van der Waals surface area contributed by atoms with E-state index in [2.05, 4.69) is 52.5 Å². The summed E-state index contributed by atoms with van der Waals surface area (Å²) in [5.74, 6) is 0.999. The number of carbonyl (C=O) groups excluding carboxylic acids is 1. The van der Waals surface area contributed by atoms with E-state index in [9.17, 15) is 4.79 Å². The number of hydrogen-bond donors (Lipinski definition) is 1. The molecule has 0 radical (unpaired) electrons. The number of benzene rings is 1. The highest BCUT2D eigenvalue weighted by Gasteiger charge is 2.36. The second kappa shape index (κ2) is 12.1. The van der Waals surface area contributed by atoms with E-state index < -0.39 is 0 Å². The number of carbonyl (C=O) groups is 1. The normalized spacial score (nSPS) is 19.8. The van der Waals surface area contributed by atoms with Crippen molar-refractivity contribution in [3.63, 3.8) is 0 Å². The molecule has 0 spiro atoms. The standard InChI is InChI=1S/C20H31N3O2.HI/c1-16-14-23(15-18(16)19(24)25-3)20(21-2)22-13-9-5-8-12-17-10-6-4-7-11-17;/h4,6-7,10-11,16,18H,5,8-9,12-15H2,1-3H3,(H,21,22);1H. The maximum Gasteiger partial charge on any atom is 0.310 e. The molecule has 5 nitrogen and oxygen atoms in total. The fourth-order valence-electron chi connectivity index (χ4n) is 3.41. The summed E-state index contributed by atoms with van der Waals surface area (Å²) < 4.78 is 4.90. The monoisotopic (exact) mass is 473 g/mol. The van der Waals surface area contributed by atoms with Crippen molar-refractivity contribution >= 4 is 35.9 Å². The Bertz CT molecular complexity index is 565. The number of halogens is 1. The lowest BCUT2D eigenvalue weighted by atomic mass is 9.99. The predicted molar refractivity (Wildman–Crippen MR) is 117 cm³/mol. The number of likely N-dealkylation sites (tertiary alicyclic amines) is 1. The molecular weight excluding hydrogens is 441 g/mol. The molecule has 0 saturated carbocycles. The molecule has 2 rings (SSSR count). The molecule has 1 heterocycles. The Kier molecular flexibility index (Phi) is 10.6. The van der Waals surface area contributed by atoms with Crippen LogP contribution < -0.4 is 5.32 Å². The lowest BCUT2D eigenvalue weighted by molar-refractivity contribution is -0.145. The number of nitrogens with zero attached hydrogens (tertiary/aromatic N) is 2. The highest BCUT2D eigenvalue weighted by Crippen LogP contribution is 2.24. The van der Waals surface area contributed by atoms with Gasteiger partial charge in [-0.2, -0.15) is 0 Å². The SMILES string of the molecule is CN=C(NCCCCCc1ccccc1)N1CC(C)C(C(=O)OC)C1.I. The molecule has 1 aliphatic heterocycles. The largest absolute Gasteiger partial charge is 0.469 e. The first-order valence-electron chi connectivity index (χ1n) is 9.23. The predicted octanol–water partition coefficient (Wildman–Crippen LogP) is 3.33. The quantitative estimate of drug-likeness (QED) is 0.217. The molecule has 1 aromatic carbocycles. The van der Waals surface area contributed by atoms with Crippen molar-refractivity contribution in [2.24, 2.45) is 16.8 Å². The van der Waals surface area contributed by atoms with Gasteiger partial charge in [-0.05, 0) is 30.7 Å². The van der Waals surface area contributed by atoms with Crippen LogP contribution in [-0.2, 0) is 16.0 Å². The molecule has 0 bridgehead atoms. The van der Waals surface area contributed by atoms with Gasteiger partial charge in [0.1, 0.15) is 0 Å². The van der Waals surface area contributed by atoms with Gasteiger partial charge in [-0.1, -0.05) is 43.7 Å². The topological polar surface area (TPSA) is 53.9 Å². The van der Waals surface area contributed by atoms with Crippen LogP contribution in [0, 0.1) is 11.8 Å². The molecule has 2 atom stereocenters. The molecule has 1 saturated heterocycles. The number of nitrogens with one attached hydrogen (secondary N) is 1. The summed E-state index contributed by atoms with van der Waals surface area (Å²) in [5, 5.41) is 3.43. The third-order valence-electron chi connectivity index (χ3n) is 4.90. The fourth-order valence-corrected chi connectivity index (χ4v) is 3.41. The molecule has 1 N–H and O–H groups in total. The van der Waals surface area contributed by atoms with Crippen molar-refractivity contribution in [3.8, 4) is 0 Å². The maximum atomic E-state index is 11.8. The van der Waals surface area contributed by atoms with Crippen molar-refractivity contribution in [2.45, 2.75) is 32.6 Å². The summed E-state index contributed by atoms with van der Waals surface area (Å²) in [7, 11) is 3.26. The van der Waals surface area contributed by atoms with E-state index in [0.717, 1.165) is 31.9 Å². The number of rotatable bonds is 7. The first-order chi connectivity index (χ1) is 12.2. The van der Waals surface area contributed by atoms with Gasteiger partial charge in [-0.3, -0.25) is 9.79 Å². The summed E-state index contributed by atoms with van der Waals surface area (Å²) in [4.78, 5) is 18.4. The molecule has 26 heavy (non-hydrogen) atoms. The van der Waals surface area contributed by atoms with Gasteiger partial charge in [0.2, 0.25) is 0 Å². The van der Waals surface area contributed by atoms with Crippen LogP contribution in [0.4, 0.5) is 0 Å². The van der Waals surface area contributed by atoms with Crippen molar-refractivity contribution in [2.75, 3.05) is 33.8 Å². The summed E-state index contributed by atoms with van der Waals surface area (Å²) >= 11 is 0. The number of guanidine groups is 1. The van der Waals surface area contributed by atoms with Crippen LogP contribution in [0.2, 0.25) is 0 Å². The summed E-state index contributed by atoms with van der Waals surface area (Å²) in [6.45, 7) is 4.53. The Balaban J connectivity index is 0.00000338. The van der Waals surface area contributed by atoms with Crippen molar-refractivity contribution in [1.82, 2.24) is 10.2 Å². The smallest absolute Gasteiger partial charge is 0.310 e. The Morgan fingerprint density at radius 1 is 1.23 bits per heavy atom. The van der Waals surface area contributed by atoms with Crippen LogP contribution in [0.15, 0.2) is 35.3 Å². The van der Waals surface area contributed by atoms with E-state index >= 15 is 0 Å². The molecule has 0 amide bonds. The van der Waals surface area contributed by atoms with Crippen LogP contribution in [0.5, 0.6) is 0 Å². The molecule has 1 aromatic rings. The number of ether oxygens (including phenoxy) is 1. The molecule has 2 unspecified atom stereocenters. The third kappa shape index (κ3) is 6.78. The van der Waals surface area contributed by atoms with Crippen molar-refractivity contribution < 1.29 is 9.53 Å². The van der Waals surface area contributed by atoms with Gasteiger partial charge < -0.3 is 15.0 Å². The molecular formula is C20H32IN3O2. The highest BCUT2D eigenvalue weighted by atomic mass is 127.